The van der Waals surface area contributed by atoms with Crippen LogP contribution in [0.4, 0.5) is 0 Å². The molecule has 3 N–H and O–H groups in total. The molecular weight excluding hydrogens is 212 g/mol. The highest BCUT2D eigenvalue weighted by molar-refractivity contribution is 5.77. The van der Waals surface area contributed by atoms with E-state index in [4.69, 9.17) is 5.73 Å². The first-order chi connectivity index (χ1) is 8.15. The summed E-state index contributed by atoms with van der Waals surface area (Å²) in [6, 6.07) is 0.362. The summed E-state index contributed by atoms with van der Waals surface area (Å²) in [5.74, 6) is 0.955. The van der Waals surface area contributed by atoms with E-state index in [0.29, 0.717) is 19.0 Å². The maximum Gasteiger partial charge on any atom is 0.220 e. The summed E-state index contributed by atoms with van der Waals surface area (Å²) in [7, 11) is 0. The van der Waals surface area contributed by atoms with Gasteiger partial charge in [-0.25, -0.2) is 0 Å². The minimum absolute atomic E-state index is 0.103. The van der Waals surface area contributed by atoms with E-state index in [0.717, 1.165) is 18.8 Å². The predicted molar refractivity (Wildman–Crippen MR) is 69.5 cm³/mol. The van der Waals surface area contributed by atoms with E-state index in [1.807, 2.05) is 0 Å². The molecule has 3 heteroatoms. The average molecular weight is 238 g/mol. The van der Waals surface area contributed by atoms with Crippen LogP contribution in [0.1, 0.15) is 58.3 Å². The van der Waals surface area contributed by atoms with Crippen molar-refractivity contribution in [2.45, 2.75) is 64.3 Å². The van der Waals surface area contributed by atoms with E-state index in [1.54, 1.807) is 0 Å². The smallest absolute Gasteiger partial charge is 0.220 e. The van der Waals surface area contributed by atoms with Gasteiger partial charge in [-0.2, -0.15) is 0 Å². The Morgan fingerprint density at radius 1 is 1.35 bits per heavy atom. The summed E-state index contributed by atoms with van der Waals surface area (Å²) < 4.78 is 0. The van der Waals surface area contributed by atoms with E-state index in [2.05, 4.69) is 12.2 Å². The Bertz CT molecular complexity index is 267. The third kappa shape index (κ3) is 3.44. The maximum absolute atomic E-state index is 12.1. The molecule has 1 amide bonds. The Morgan fingerprint density at radius 3 is 2.53 bits per heavy atom. The van der Waals surface area contributed by atoms with Crippen LogP contribution in [0.25, 0.3) is 0 Å². The largest absolute Gasteiger partial charge is 0.353 e. The Labute approximate surface area is 105 Å². The van der Waals surface area contributed by atoms with E-state index >= 15 is 0 Å². The van der Waals surface area contributed by atoms with Gasteiger partial charge in [0.1, 0.15) is 0 Å². The lowest BCUT2D eigenvalue weighted by Crippen LogP contribution is -2.41. The van der Waals surface area contributed by atoms with Crippen molar-refractivity contribution < 1.29 is 4.79 Å². The lowest BCUT2D eigenvalue weighted by molar-refractivity contribution is -0.124. The zero-order valence-corrected chi connectivity index (χ0v) is 11.0. The van der Waals surface area contributed by atoms with Crippen molar-refractivity contribution in [3.8, 4) is 0 Å². The van der Waals surface area contributed by atoms with Gasteiger partial charge in [-0.05, 0) is 50.5 Å². The third-order valence-electron chi connectivity index (χ3n) is 4.60. The van der Waals surface area contributed by atoms with Crippen LogP contribution in [0.2, 0.25) is 0 Å². The fourth-order valence-corrected chi connectivity index (χ4v) is 3.11. The first-order valence-electron chi connectivity index (χ1n) is 7.15. The molecule has 0 bridgehead atoms. The molecule has 0 radical (unpaired) electrons. The minimum Gasteiger partial charge on any atom is -0.353 e. The quantitative estimate of drug-likeness (QED) is 0.771. The minimum atomic E-state index is 0.103. The van der Waals surface area contributed by atoms with Gasteiger partial charge in [-0.1, -0.05) is 19.3 Å². The van der Waals surface area contributed by atoms with Crippen LogP contribution >= 0.6 is 0 Å². The topological polar surface area (TPSA) is 55.1 Å². The second kappa shape index (κ2) is 5.38. The van der Waals surface area contributed by atoms with Crippen LogP contribution in [0.15, 0.2) is 0 Å². The summed E-state index contributed by atoms with van der Waals surface area (Å²) >= 11 is 0. The SMILES string of the molecule is CC(NC(=O)CC1(CN)CCCCC1)C1CC1. The Balaban J connectivity index is 1.82. The predicted octanol–water partition coefficient (Wildman–Crippen LogP) is 2.20. The molecule has 2 aliphatic carbocycles. The fraction of sp³-hybridized carbons (Fsp3) is 0.929. The van der Waals surface area contributed by atoms with Gasteiger partial charge in [0.15, 0.2) is 0 Å². The molecule has 2 aliphatic rings. The average Bonchev–Trinajstić information content (AvgIpc) is 3.13. The highest BCUT2D eigenvalue weighted by atomic mass is 16.1. The first kappa shape index (κ1) is 12.9. The van der Waals surface area contributed by atoms with Crippen molar-refractivity contribution in [1.29, 1.82) is 0 Å². The molecule has 0 spiro atoms. The summed E-state index contributed by atoms with van der Waals surface area (Å²) in [6.07, 6.45) is 9.25. The van der Waals surface area contributed by atoms with Crippen molar-refractivity contribution >= 4 is 5.91 Å². The number of amides is 1. The number of nitrogens with two attached hydrogens (primary N) is 1. The summed E-state index contributed by atoms with van der Waals surface area (Å²) in [5.41, 5.74) is 6.01. The molecule has 3 nitrogen and oxygen atoms in total. The van der Waals surface area contributed by atoms with Gasteiger partial charge in [-0.15, -0.1) is 0 Å². The van der Waals surface area contributed by atoms with Crippen LogP contribution < -0.4 is 11.1 Å². The van der Waals surface area contributed by atoms with Crippen LogP contribution in [0.5, 0.6) is 0 Å². The normalized spacial score (nSPS) is 25.3. The van der Waals surface area contributed by atoms with Crippen molar-refractivity contribution in [3.05, 3.63) is 0 Å². The van der Waals surface area contributed by atoms with Crippen molar-refractivity contribution in [1.82, 2.24) is 5.32 Å². The lowest BCUT2D eigenvalue weighted by atomic mass is 9.71. The lowest BCUT2D eigenvalue weighted by Gasteiger charge is -2.36. The van der Waals surface area contributed by atoms with E-state index < -0.39 is 0 Å². The Kier molecular flexibility index (Phi) is 4.08. The Hall–Kier alpha value is -0.570. The van der Waals surface area contributed by atoms with Gasteiger partial charge < -0.3 is 11.1 Å². The van der Waals surface area contributed by atoms with Gasteiger partial charge in [-0.3, -0.25) is 4.79 Å². The zero-order valence-electron chi connectivity index (χ0n) is 11.0. The molecule has 0 aliphatic heterocycles. The monoisotopic (exact) mass is 238 g/mol. The molecule has 0 aromatic heterocycles. The van der Waals surface area contributed by atoms with Crippen molar-refractivity contribution in [2.24, 2.45) is 17.1 Å². The molecule has 0 aromatic carbocycles. The molecule has 0 heterocycles. The Morgan fingerprint density at radius 2 is 2.00 bits per heavy atom. The molecule has 1 unspecified atom stereocenters. The first-order valence-corrected chi connectivity index (χ1v) is 7.15. The molecule has 98 valence electrons. The highest BCUT2D eigenvalue weighted by Crippen LogP contribution is 2.38. The summed E-state index contributed by atoms with van der Waals surface area (Å²) in [6.45, 7) is 2.80. The van der Waals surface area contributed by atoms with Crippen molar-refractivity contribution in [2.75, 3.05) is 6.54 Å². The van der Waals surface area contributed by atoms with Crippen LogP contribution in [-0.2, 0) is 4.79 Å². The number of hydrogen-bond donors (Lipinski definition) is 2. The molecule has 0 aromatic rings. The molecule has 17 heavy (non-hydrogen) atoms. The van der Waals surface area contributed by atoms with E-state index in [9.17, 15) is 4.79 Å². The number of rotatable bonds is 5. The molecule has 2 fully saturated rings. The summed E-state index contributed by atoms with van der Waals surface area (Å²) in [5, 5.41) is 3.15. The molecule has 2 rings (SSSR count). The van der Waals surface area contributed by atoms with E-state index in [1.165, 1.54) is 32.1 Å². The molecule has 1 atom stereocenters. The highest BCUT2D eigenvalue weighted by Gasteiger charge is 2.34. The van der Waals surface area contributed by atoms with Crippen LogP contribution in [-0.4, -0.2) is 18.5 Å². The van der Waals surface area contributed by atoms with E-state index in [-0.39, 0.29) is 11.3 Å². The second-order valence-electron chi connectivity index (χ2n) is 6.14. The van der Waals surface area contributed by atoms with Crippen LogP contribution in [0, 0.1) is 11.3 Å². The third-order valence-corrected chi connectivity index (χ3v) is 4.60. The molecule has 2 saturated carbocycles. The number of carbonyl (C=O) groups excluding carboxylic acids is 1. The standard InChI is InChI=1S/C14H26N2O/c1-11(12-5-6-12)16-13(17)9-14(10-15)7-3-2-4-8-14/h11-12H,2-10,15H2,1H3,(H,16,17). The van der Waals surface area contributed by atoms with Gasteiger partial charge in [0.25, 0.3) is 0 Å². The number of nitrogens with one attached hydrogen (secondary N) is 1. The summed E-state index contributed by atoms with van der Waals surface area (Å²) in [4.78, 5) is 12.1. The van der Waals surface area contributed by atoms with Gasteiger partial charge in [0, 0.05) is 12.5 Å². The second-order valence-corrected chi connectivity index (χ2v) is 6.14. The van der Waals surface area contributed by atoms with Gasteiger partial charge >= 0.3 is 0 Å². The maximum atomic E-state index is 12.1. The molecule has 0 saturated heterocycles. The van der Waals surface area contributed by atoms with Crippen molar-refractivity contribution in [3.63, 3.8) is 0 Å². The van der Waals surface area contributed by atoms with Crippen LogP contribution in [0.3, 0.4) is 0 Å². The molecular formula is C14H26N2O. The fourth-order valence-electron chi connectivity index (χ4n) is 3.11. The zero-order chi connectivity index (χ0) is 12.3. The number of carbonyl (C=O) groups is 1. The number of hydrogen-bond acceptors (Lipinski definition) is 2. The van der Waals surface area contributed by atoms with Gasteiger partial charge in [0.05, 0.1) is 0 Å². The van der Waals surface area contributed by atoms with Gasteiger partial charge in [0.2, 0.25) is 5.91 Å².